The van der Waals surface area contributed by atoms with Gasteiger partial charge in [0.05, 0.1) is 12.7 Å². The van der Waals surface area contributed by atoms with Crippen molar-refractivity contribution in [3.05, 3.63) is 21.3 Å². The summed E-state index contributed by atoms with van der Waals surface area (Å²) in [5, 5.41) is 9.00. The second kappa shape index (κ2) is 8.30. The predicted octanol–water partition coefficient (Wildman–Crippen LogP) is 3.31. The molecule has 0 aliphatic carbocycles. The second-order valence-electron chi connectivity index (χ2n) is 3.75. The van der Waals surface area contributed by atoms with Gasteiger partial charge in [0.1, 0.15) is 0 Å². The van der Waals surface area contributed by atoms with Gasteiger partial charge in [0.15, 0.2) is 0 Å². The predicted molar refractivity (Wildman–Crippen MR) is 73.2 cm³/mol. The Hall–Kier alpha value is 0.130. The summed E-state index contributed by atoms with van der Waals surface area (Å²) in [4.78, 5) is 0. The molecule has 0 aliphatic heterocycles. The largest absolute Gasteiger partial charge is 0.392 e. The number of methoxy groups -OCH3 is 1. The smallest absolute Gasteiger partial charge is 0.0848 e. The average molecular weight is 324 g/mol. The zero-order chi connectivity index (χ0) is 11.8. The summed E-state index contributed by atoms with van der Waals surface area (Å²) in [6.07, 6.45) is 3.24. The lowest BCUT2D eigenvalue weighted by molar-refractivity contribution is 0.0957. The molecule has 1 N–H and O–H groups in total. The van der Waals surface area contributed by atoms with Crippen LogP contribution in [0.15, 0.2) is 21.3 Å². The van der Waals surface area contributed by atoms with Crippen LogP contribution in [-0.2, 0) is 4.74 Å². The van der Waals surface area contributed by atoms with Crippen LogP contribution in [0, 0.1) is 5.92 Å². The highest BCUT2D eigenvalue weighted by atomic mass is 127. The van der Waals surface area contributed by atoms with E-state index >= 15 is 0 Å². The van der Waals surface area contributed by atoms with Crippen molar-refractivity contribution >= 4 is 22.6 Å². The highest BCUT2D eigenvalue weighted by Crippen LogP contribution is 2.22. The van der Waals surface area contributed by atoms with Gasteiger partial charge in [0.2, 0.25) is 0 Å². The van der Waals surface area contributed by atoms with Crippen LogP contribution in [0.2, 0.25) is 0 Å². The van der Waals surface area contributed by atoms with E-state index in [1.54, 1.807) is 7.11 Å². The molecule has 88 valence electrons. The van der Waals surface area contributed by atoms with E-state index in [0.717, 1.165) is 12.0 Å². The van der Waals surface area contributed by atoms with E-state index in [1.165, 1.54) is 5.57 Å². The Balaban J connectivity index is 4.76. The van der Waals surface area contributed by atoms with Gasteiger partial charge in [-0.25, -0.2) is 0 Å². The summed E-state index contributed by atoms with van der Waals surface area (Å²) < 4.78 is 7.55. The number of ether oxygens (including phenoxy) is 1. The van der Waals surface area contributed by atoms with Gasteiger partial charge in [-0.2, -0.15) is 0 Å². The van der Waals surface area contributed by atoms with Crippen LogP contribution in [0.5, 0.6) is 0 Å². The zero-order valence-electron chi connectivity index (χ0n) is 9.96. The summed E-state index contributed by atoms with van der Waals surface area (Å²) >= 11 is 2.23. The Morgan fingerprint density at radius 3 is 2.40 bits per heavy atom. The fourth-order valence-corrected chi connectivity index (χ4v) is 1.95. The Morgan fingerprint density at radius 2 is 2.07 bits per heavy atom. The lowest BCUT2D eigenvalue weighted by Crippen LogP contribution is -2.22. The minimum atomic E-state index is 0.119. The first kappa shape index (κ1) is 15.1. The Kier molecular flexibility index (Phi) is 8.37. The highest BCUT2D eigenvalue weighted by molar-refractivity contribution is 14.1. The van der Waals surface area contributed by atoms with Crippen molar-refractivity contribution in [3.63, 3.8) is 0 Å². The van der Waals surface area contributed by atoms with Crippen LogP contribution in [0.1, 0.15) is 27.2 Å². The molecule has 0 unspecified atom stereocenters. The highest BCUT2D eigenvalue weighted by Gasteiger charge is 2.19. The van der Waals surface area contributed by atoms with Crippen molar-refractivity contribution in [1.29, 1.82) is 0 Å². The zero-order valence-corrected chi connectivity index (χ0v) is 12.1. The molecule has 0 amide bonds. The van der Waals surface area contributed by atoms with Gasteiger partial charge in [-0.05, 0) is 29.9 Å². The van der Waals surface area contributed by atoms with Crippen LogP contribution < -0.4 is 0 Å². The van der Waals surface area contributed by atoms with Gasteiger partial charge in [-0.3, -0.25) is 0 Å². The molecule has 3 heteroatoms. The third-order valence-corrected chi connectivity index (χ3v) is 3.47. The van der Waals surface area contributed by atoms with Gasteiger partial charge in [-0.1, -0.05) is 41.2 Å². The molecular weight excluding hydrogens is 303 g/mol. The van der Waals surface area contributed by atoms with Crippen molar-refractivity contribution in [2.75, 3.05) is 13.7 Å². The summed E-state index contributed by atoms with van der Waals surface area (Å²) in [6, 6.07) is 0. The fraction of sp³-hybridized carbons (Fsp3) is 0.667. The molecule has 0 spiro atoms. The Labute approximate surface area is 107 Å². The van der Waals surface area contributed by atoms with Crippen LogP contribution >= 0.6 is 22.6 Å². The van der Waals surface area contributed by atoms with Crippen molar-refractivity contribution in [2.24, 2.45) is 5.92 Å². The van der Waals surface area contributed by atoms with Crippen LogP contribution in [-0.4, -0.2) is 24.9 Å². The lowest BCUT2D eigenvalue weighted by atomic mass is 9.93. The molecule has 0 heterocycles. The molecule has 0 aromatic carbocycles. The summed E-state index contributed by atoms with van der Waals surface area (Å²) in [5.74, 6) is 0.341. The molecular formula is C12H21IO2. The average Bonchev–Trinajstić information content (AvgIpc) is 2.27. The maximum atomic E-state index is 9.00. The molecule has 0 rings (SSSR count). The first-order valence-electron chi connectivity index (χ1n) is 5.18. The van der Waals surface area contributed by atoms with Crippen LogP contribution in [0.4, 0.5) is 0 Å². The number of hydrogen-bond donors (Lipinski definition) is 1. The van der Waals surface area contributed by atoms with Gasteiger partial charge < -0.3 is 9.84 Å². The number of aliphatic hydroxyl groups excluding tert-OH is 1. The summed E-state index contributed by atoms with van der Waals surface area (Å²) in [6.45, 7) is 6.28. The van der Waals surface area contributed by atoms with E-state index < -0.39 is 0 Å². The quantitative estimate of drug-likeness (QED) is 0.600. The normalized spacial score (nSPS) is 17.7. The van der Waals surface area contributed by atoms with Gasteiger partial charge in [0.25, 0.3) is 0 Å². The van der Waals surface area contributed by atoms with Gasteiger partial charge >= 0.3 is 0 Å². The van der Waals surface area contributed by atoms with Gasteiger partial charge in [0, 0.05) is 13.0 Å². The fourth-order valence-electron chi connectivity index (χ4n) is 1.60. The topological polar surface area (TPSA) is 29.5 Å². The Bertz CT molecular complexity index is 234. The molecule has 0 saturated carbocycles. The molecule has 0 radical (unpaired) electrons. The SMILES string of the molecule is CC[C@@H](/C=C(\C)CO)[C@@H](OC)/C(C)=C/I. The molecule has 0 aliphatic rings. The first-order chi connectivity index (χ1) is 7.10. The van der Waals surface area contributed by atoms with Crippen LogP contribution in [0.25, 0.3) is 0 Å². The minimum absolute atomic E-state index is 0.119. The number of rotatable bonds is 6. The molecule has 15 heavy (non-hydrogen) atoms. The standard InChI is InChI=1S/C12H21IO2/c1-5-11(6-9(2)8-14)12(15-4)10(3)7-13/h6-7,11-12,14H,5,8H2,1-4H3/b9-6+,10-7+/t11-,12-/m0/s1. The molecule has 0 saturated heterocycles. The van der Waals surface area contributed by atoms with E-state index in [-0.39, 0.29) is 12.7 Å². The monoisotopic (exact) mass is 324 g/mol. The van der Waals surface area contributed by atoms with Crippen molar-refractivity contribution in [2.45, 2.75) is 33.3 Å². The second-order valence-corrected chi connectivity index (χ2v) is 4.38. The summed E-state index contributed by atoms with van der Waals surface area (Å²) in [5.41, 5.74) is 2.23. The number of halogens is 1. The van der Waals surface area contributed by atoms with Crippen molar-refractivity contribution in [3.8, 4) is 0 Å². The molecule has 2 atom stereocenters. The van der Waals surface area contributed by atoms with Crippen molar-refractivity contribution < 1.29 is 9.84 Å². The molecule has 0 aromatic rings. The van der Waals surface area contributed by atoms with Crippen molar-refractivity contribution in [1.82, 2.24) is 0 Å². The first-order valence-corrected chi connectivity index (χ1v) is 6.43. The number of aliphatic hydroxyl groups is 1. The molecule has 0 aromatic heterocycles. The van der Waals surface area contributed by atoms with E-state index in [4.69, 9.17) is 9.84 Å². The molecule has 2 nitrogen and oxygen atoms in total. The third-order valence-electron chi connectivity index (χ3n) is 2.48. The van der Waals surface area contributed by atoms with E-state index in [0.29, 0.717) is 5.92 Å². The molecule has 0 bridgehead atoms. The van der Waals surface area contributed by atoms with E-state index in [9.17, 15) is 0 Å². The number of hydrogen-bond acceptors (Lipinski definition) is 2. The minimum Gasteiger partial charge on any atom is -0.392 e. The lowest BCUT2D eigenvalue weighted by Gasteiger charge is -2.23. The van der Waals surface area contributed by atoms with E-state index in [2.05, 4.69) is 46.6 Å². The van der Waals surface area contributed by atoms with Crippen LogP contribution in [0.3, 0.4) is 0 Å². The summed E-state index contributed by atoms with van der Waals surface area (Å²) in [7, 11) is 1.74. The maximum Gasteiger partial charge on any atom is 0.0848 e. The van der Waals surface area contributed by atoms with Gasteiger partial charge in [-0.15, -0.1) is 0 Å². The third kappa shape index (κ3) is 5.13. The maximum absolute atomic E-state index is 9.00. The Morgan fingerprint density at radius 1 is 1.47 bits per heavy atom. The molecule has 0 fully saturated rings. The van der Waals surface area contributed by atoms with E-state index in [1.807, 2.05) is 6.92 Å².